The lowest BCUT2D eigenvalue weighted by Crippen LogP contribution is -1.97. The molecule has 2 aromatic rings. The summed E-state index contributed by atoms with van der Waals surface area (Å²) in [6.07, 6.45) is 0. The molecule has 0 aliphatic carbocycles. The minimum atomic E-state index is -0.447. The van der Waals surface area contributed by atoms with Gasteiger partial charge in [-0.05, 0) is 12.1 Å². The Balaban J connectivity index is 2.67. The molecule has 0 saturated carbocycles. The van der Waals surface area contributed by atoms with Crippen molar-refractivity contribution < 1.29 is 13.9 Å². The highest BCUT2D eigenvalue weighted by molar-refractivity contribution is 5.82. The molecule has 94 valence electrons. The van der Waals surface area contributed by atoms with Crippen LogP contribution >= 0.6 is 0 Å². The van der Waals surface area contributed by atoms with Gasteiger partial charge in [-0.2, -0.15) is 0 Å². The Morgan fingerprint density at radius 2 is 1.61 bits per heavy atom. The number of ether oxygens (including phenoxy) is 2. The van der Waals surface area contributed by atoms with Gasteiger partial charge in [0, 0.05) is 11.1 Å². The number of para-hydroxylation sites is 2. The third kappa shape index (κ3) is 1.97. The molecule has 0 radical (unpaired) electrons. The lowest BCUT2D eigenvalue weighted by molar-refractivity contribution is 0.356. The van der Waals surface area contributed by atoms with Crippen molar-refractivity contribution >= 4 is 5.69 Å². The van der Waals surface area contributed by atoms with Crippen LogP contribution in [0.5, 0.6) is 11.5 Å². The lowest BCUT2D eigenvalue weighted by atomic mass is 10.0. The van der Waals surface area contributed by atoms with Crippen molar-refractivity contribution in [2.75, 3.05) is 20.0 Å². The van der Waals surface area contributed by atoms with Gasteiger partial charge in [-0.3, -0.25) is 0 Å². The van der Waals surface area contributed by atoms with E-state index in [0.29, 0.717) is 22.6 Å². The lowest BCUT2D eigenvalue weighted by Gasteiger charge is -2.14. The van der Waals surface area contributed by atoms with E-state index < -0.39 is 5.82 Å². The predicted octanol–water partition coefficient (Wildman–Crippen LogP) is 3.09. The Bertz CT molecular complexity index is 570. The molecule has 0 bridgehead atoms. The van der Waals surface area contributed by atoms with E-state index >= 15 is 0 Å². The largest absolute Gasteiger partial charge is 0.493 e. The molecule has 3 nitrogen and oxygen atoms in total. The fraction of sp³-hybridized carbons (Fsp3) is 0.143. The molecule has 0 aliphatic heterocycles. The van der Waals surface area contributed by atoms with Crippen molar-refractivity contribution in [3.8, 4) is 22.6 Å². The van der Waals surface area contributed by atoms with E-state index in [1.807, 2.05) is 6.07 Å². The van der Waals surface area contributed by atoms with E-state index in [2.05, 4.69) is 0 Å². The van der Waals surface area contributed by atoms with Crippen LogP contribution in [0.3, 0.4) is 0 Å². The normalized spacial score (nSPS) is 10.2. The zero-order chi connectivity index (χ0) is 13.1. The Morgan fingerprint density at radius 1 is 0.944 bits per heavy atom. The van der Waals surface area contributed by atoms with Gasteiger partial charge in [0.1, 0.15) is 5.82 Å². The number of nitrogen functional groups attached to an aromatic ring is 1. The van der Waals surface area contributed by atoms with Crippen molar-refractivity contribution in [2.24, 2.45) is 0 Å². The molecular weight excluding hydrogens is 233 g/mol. The smallest absolute Gasteiger partial charge is 0.168 e. The quantitative estimate of drug-likeness (QED) is 0.848. The van der Waals surface area contributed by atoms with Crippen LogP contribution < -0.4 is 15.2 Å². The summed E-state index contributed by atoms with van der Waals surface area (Å²) >= 11 is 0. The number of methoxy groups -OCH3 is 2. The van der Waals surface area contributed by atoms with Gasteiger partial charge in [0.25, 0.3) is 0 Å². The summed E-state index contributed by atoms with van der Waals surface area (Å²) in [6, 6.07) is 10.1. The highest BCUT2D eigenvalue weighted by atomic mass is 19.1. The van der Waals surface area contributed by atoms with Crippen LogP contribution in [0.1, 0.15) is 0 Å². The molecule has 2 aromatic carbocycles. The topological polar surface area (TPSA) is 44.5 Å². The second-order valence-corrected chi connectivity index (χ2v) is 3.74. The monoisotopic (exact) mass is 247 g/mol. The van der Waals surface area contributed by atoms with Gasteiger partial charge in [0.15, 0.2) is 11.5 Å². The van der Waals surface area contributed by atoms with E-state index in [9.17, 15) is 4.39 Å². The van der Waals surface area contributed by atoms with E-state index in [4.69, 9.17) is 15.2 Å². The average Bonchev–Trinajstić information content (AvgIpc) is 2.41. The number of hydrogen-bond donors (Lipinski definition) is 1. The summed E-state index contributed by atoms with van der Waals surface area (Å²) in [5.41, 5.74) is 7.15. The van der Waals surface area contributed by atoms with Gasteiger partial charge in [-0.25, -0.2) is 4.39 Å². The Kier molecular flexibility index (Phi) is 3.37. The number of anilines is 1. The van der Waals surface area contributed by atoms with E-state index in [0.717, 1.165) is 0 Å². The first-order valence-corrected chi connectivity index (χ1v) is 5.44. The molecule has 0 heterocycles. The van der Waals surface area contributed by atoms with Crippen LogP contribution in [0, 0.1) is 5.82 Å². The van der Waals surface area contributed by atoms with Gasteiger partial charge in [0.05, 0.1) is 19.9 Å². The Morgan fingerprint density at radius 3 is 2.28 bits per heavy atom. The molecule has 0 saturated heterocycles. The van der Waals surface area contributed by atoms with Gasteiger partial charge >= 0.3 is 0 Å². The molecule has 2 rings (SSSR count). The van der Waals surface area contributed by atoms with Crippen molar-refractivity contribution in [1.29, 1.82) is 0 Å². The van der Waals surface area contributed by atoms with Crippen LogP contribution in [0.15, 0.2) is 36.4 Å². The van der Waals surface area contributed by atoms with Crippen LogP contribution in [-0.4, -0.2) is 14.2 Å². The minimum Gasteiger partial charge on any atom is -0.493 e. The zero-order valence-corrected chi connectivity index (χ0v) is 10.2. The second kappa shape index (κ2) is 4.96. The molecule has 0 amide bonds. The Labute approximate surface area is 105 Å². The van der Waals surface area contributed by atoms with Gasteiger partial charge < -0.3 is 15.2 Å². The number of rotatable bonds is 3. The molecular formula is C14H14FNO2. The molecule has 0 aliphatic rings. The number of hydrogen-bond acceptors (Lipinski definition) is 3. The fourth-order valence-corrected chi connectivity index (χ4v) is 1.87. The molecule has 0 atom stereocenters. The van der Waals surface area contributed by atoms with Gasteiger partial charge in [-0.1, -0.05) is 24.3 Å². The summed E-state index contributed by atoms with van der Waals surface area (Å²) in [7, 11) is 3.09. The van der Waals surface area contributed by atoms with E-state index in [1.54, 1.807) is 31.4 Å². The standard InChI is InChI=1S/C14H14FNO2/c1-17-12-8-4-6-10(14(12)18-2)9-5-3-7-11(15)13(9)16/h3-8H,16H2,1-2H3. The first-order valence-electron chi connectivity index (χ1n) is 5.44. The number of nitrogens with two attached hydrogens (primary N) is 1. The molecule has 0 spiro atoms. The summed E-state index contributed by atoms with van der Waals surface area (Å²) in [6.45, 7) is 0. The van der Waals surface area contributed by atoms with Crippen molar-refractivity contribution in [1.82, 2.24) is 0 Å². The van der Waals surface area contributed by atoms with Crippen molar-refractivity contribution in [3.63, 3.8) is 0 Å². The molecule has 18 heavy (non-hydrogen) atoms. The van der Waals surface area contributed by atoms with Crippen LogP contribution in [0.2, 0.25) is 0 Å². The second-order valence-electron chi connectivity index (χ2n) is 3.74. The highest BCUT2D eigenvalue weighted by Gasteiger charge is 2.14. The van der Waals surface area contributed by atoms with Crippen molar-refractivity contribution in [3.05, 3.63) is 42.2 Å². The molecule has 0 aromatic heterocycles. The third-order valence-corrected chi connectivity index (χ3v) is 2.75. The van der Waals surface area contributed by atoms with Crippen LogP contribution in [-0.2, 0) is 0 Å². The maximum Gasteiger partial charge on any atom is 0.168 e. The van der Waals surface area contributed by atoms with E-state index in [-0.39, 0.29) is 5.69 Å². The maximum absolute atomic E-state index is 13.5. The minimum absolute atomic E-state index is 0.101. The number of halogens is 1. The van der Waals surface area contributed by atoms with Crippen LogP contribution in [0.25, 0.3) is 11.1 Å². The highest BCUT2D eigenvalue weighted by Crippen LogP contribution is 2.40. The first-order chi connectivity index (χ1) is 8.69. The molecule has 4 heteroatoms. The summed E-state index contributed by atoms with van der Waals surface area (Å²) in [5.74, 6) is 0.674. The van der Waals surface area contributed by atoms with Crippen LogP contribution in [0.4, 0.5) is 10.1 Å². The third-order valence-electron chi connectivity index (χ3n) is 2.75. The molecule has 2 N–H and O–H groups in total. The van der Waals surface area contributed by atoms with Gasteiger partial charge in [0.2, 0.25) is 0 Å². The fourth-order valence-electron chi connectivity index (χ4n) is 1.87. The summed E-state index contributed by atoms with van der Waals surface area (Å²) in [5, 5.41) is 0. The number of benzene rings is 2. The summed E-state index contributed by atoms with van der Waals surface area (Å²) < 4.78 is 24.0. The Hall–Kier alpha value is -2.23. The molecule has 0 unspecified atom stereocenters. The average molecular weight is 247 g/mol. The first kappa shape index (κ1) is 12.2. The van der Waals surface area contributed by atoms with E-state index in [1.165, 1.54) is 13.2 Å². The molecule has 0 fully saturated rings. The maximum atomic E-state index is 13.5. The predicted molar refractivity (Wildman–Crippen MR) is 69.4 cm³/mol. The van der Waals surface area contributed by atoms with Gasteiger partial charge in [-0.15, -0.1) is 0 Å². The summed E-state index contributed by atoms with van der Waals surface area (Å²) in [4.78, 5) is 0. The SMILES string of the molecule is COc1cccc(-c2cccc(F)c2N)c1OC. The van der Waals surface area contributed by atoms with Crippen molar-refractivity contribution in [2.45, 2.75) is 0 Å². The zero-order valence-electron chi connectivity index (χ0n) is 10.2.